The molecule has 0 saturated carbocycles. The standard InChI is InChI=1S/C17H16FNO5S3/c1-26(21,22)19(27(2,23)24)14-9-11-7-8-15(20)12(11)10-17(14)25-16-6-4-3-5-13(16)18/h3-6,9-10H,7-8H2,1-2H3. The number of hydrogen-bond donors (Lipinski definition) is 0. The molecule has 0 fully saturated rings. The minimum absolute atomic E-state index is 0.110. The van der Waals surface area contributed by atoms with Gasteiger partial charge in [-0.25, -0.2) is 21.2 Å². The molecule has 1 aliphatic rings. The fourth-order valence-corrected chi connectivity index (χ4v) is 7.01. The van der Waals surface area contributed by atoms with E-state index in [2.05, 4.69) is 0 Å². The number of Topliss-reactive ketones (excluding diaryl/α,β-unsaturated/α-hetero) is 1. The summed E-state index contributed by atoms with van der Waals surface area (Å²) in [5, 5.41) is 0. The number of halogens is 1. The number of nitrogens with zero attached hydrogens (tertiary/aromatic N) is 1. The average Bonchev–Trinajstić information content (AvgIpc) is 2.87. The molecule has 27 heavy (non-hydrogen) atoms. The number of carbonyl (C=O) groups is 1. The summed E-state index contributed by atoms with van der Waals surface area (Å²) in [5.41, 5.74) is 0.867. The molecule has 0 aliphatic heterocycles. The molecule has 0 radical (unpaired) electrons. The largest absolute Gasteiger partial charge is 0.294 e. The highest BCUT2D eigenvalue weighted by Crippen LogP contribution is 2.41. The molecule has 0 amide bonds. The molecule has 0 heterocycles. The Balaban J connectivity index is 2.26. The summed E-state index contributed by atoms with van der Waals surface area (Å²) in [6.07, 6.45) is 2.22. The molecule has 0 aromatic heterocycles. The van der Waals surface area contributed by atoms with Crippen molar-refractivity contribution in [3.05, 3.63) is 53.3 Å². The fraction of sp³-hybridized carbons (Fsp3) is 0.235. The Hall–Kier alpha value is -1.91. The van der Waals surface area contributed by atoms with Crippen molar-refractivity contribution in [2.24, 2.45) is 0 Å². The maximum absolute atomic E-state index is 14.1. The van der Waals surface area contributed by atoms with E-state index in [4.69, 9.17) is 0 Å². The Bertz CT molecular complexity index is 1110. The number of aryl methyl sites for hydroxylation is 1. The van der Waals surface area contributed by atoms with Gasteiger partial charge in [0.25, 0.3) is 0 Å². The molecule has 0 bridgehead atoms. The van der Waals surface area contributed by atoms with Crippen LogP contribution in [0.2, 0.25) is 0 Å². The van der Waals surface area contributed by atoms with Gasteiger partial charge < -0.3 is 0 Å². The van der Waals surface area contributed by atoms with E-state index in [1.165, 1.54) is 30.3 Å². The van der Waals surface area contributed by atoms with Gasteiger partial charge in [0.05, 0.1) is 18.2 Å². The second kappa shape index (κ2) is 6.92. The van der Waals surface area contributed by atoms with E-state index in [9.17, 15) is 26.0 Å². The van der Waals surface area contributed by atoms with Crippen molar-refractivity contribution < 1.29 is 26.0 Å². The quantitative estimate of drug-likeness (QED) is 0.726. The lowest BCUT2D eigenvalue weighted by atomic mass is 10.1. The normalized spacial score (nSPS) is 14.3. The van der Waals surface area contributed by atoms with E-state index in [0.717, 1.165) is 24.3 Å². The van der Waals surface area contributed by atoms with E-state index < -0.39 is 25.9 Å². The zero-order valence-corrected chi connectivity index (χ0v) is 16.9. The first-order valence-corrected chi connectivity index (χ1v) is 12.3. The van der Waals surface area contributed by atoms with Gasteiger partial charge in [-0.2, -0.15) is 3.71 Å². The molecular weight excluding hydrogens is 413 g/mol. The Kier molecular flexibility index (Phi) is 5.08. The Morgan fingerprint density at radius 3 is 2.19 bits per heavy atom. The summed E-state index contributed by atoms with van der Waals surface area (Å²) in [4.78, 5) is 12.4. The lowest BCUT2D eigenvalue weighted by Gasteiger charge is -2.23. The highest BCUT2D eigenvalue weighted by Gasteiger charge is 2.32. The van der Waals surface area contributed by atoms with Gasteiger partial charge in [-0.1, -0.05) is 23.9 Å². The third-order valence-electron chi connectivity index (χ3n) is 3.96. The summed E-state index contributed by atoms with van der Waals surface area (Å²) in [6.45, 7) is 0. The number of rotatable bonds is 5. The number of benzene rings is 2. The maximum Gasteiger partial charge on any atom is 0.245 e. The van der Waals surface area contributed by atoms with Crippen LogP contribution in [0.25, 0.3) is 0 Å². The van der Waals surface area contributed by atoms with Crippen LogP contribution in [0, 0.1) is 5.82 Å². The van der Waals surface area contributed by atoms with Gasteiger partial charge in [0.2, 0.25) is 20.0 Å². The summed E-state index contributed by atoms with van der Waals surface area (Å²) in [6, 6.07) is 8.68. The number of sulfonamides is 2. The topological polar surface area (TPSA) is 88.6 Å². The number of hydrogen-bond acceptors (Lipinski definition) is 6. The summed E-state index contributed by atoms with van der Waals surface area (Å²) < 4.78 is 63.3. The lowest BCUT2D eigenvalue weighted by molar-refractivity contribution is 0.0994. The third-order valence-corrected chi connectivity index (χ3v) is 8.28. The fourth-order valence-electron chi connectivity index (χ4n) is 2.93. The number of fused-ring (bicyclic) bond motifs is 1. The zero-order chi connectivity index (χ0) is 20.0. The molecule has 0 spiro atoms. The highest BCUT2D eigenvalue weighted by molar-refractivity contribution is 8.09. The Morgan fingerprint density at radius 1 is 0.963 bits per heavy atom. The van der Waals surface area contributed by atoms with E-state index in [1.54, 1.807) is 6.07 Å². The van der Waals surface area contributed by atoms with E-state index in [-0.39, 0.29) is 27.7 Å². The second-order valence-electron chi connectivity index (χ2n) is 6.16. The van der Waals surface area contributed by atoms with Crippen LogP contribution >= 0.6 is 11.8 Å². The van der Waals surface area contributed by atoms with Gasteiger partial charge in [-0.15, -0.1) is 0 Å². The molecule has 6 nitrogen and oxygen atoms in total. The van der Waals surface area contributed by atoms with Gasteiger partial charge in [0.15, 0.2) is 5.78 Å². The molecule has 1 aliphatic carbocycles. The molecule has 144 valence electrons. The second-order valence-corrected chi connectivity index (χ2v) is 11.1. The average molecular weight is 430 g/mol. The molecule has 2 aromatic rings. The summed E-state index contributed by atoms with van der Waals surface area (Å²) in [7, 11) is -8.36. The summed E-state index contributed by atoms with van der Waals surface area (Å²) >= 11 is 0.872. The molecule has 0 N–H and O–H groups in total. The van der Waals surface area contributed by atoms with Gasteiger partial charge in [0.1, 0.15) is 5.82 Å². The van der Waals surface area contributed by atoms with Crippen molar-refractivity contribution in [1.82, 2.24) is 0 Å². The summed E-state index contributed by atoms with van der Waals surface area (Å²) in [5.74, 6) is -0.650. The predicted molar refractivity (Wildman–Crippen MR) is 102 cm³/mol. The molecule has 0 unspecified atom stereocenters. The lowest BCUT2D eigenvalue weighted by Crippen LogP contribution is -2.35. The zero-order valence-electron chi connectivity index (χ0n) is 14.5. The van der Waals surface area contributed by atoms with Crippen molar-refractivity contribution in [2.45, 2.75) is 22.6 Å². The van der Waals surface area contributed by atoms with E-state index in [0.29, 0.717) is 21.3 Å². The van der Waals surface area contributed by atoms with Gasteiger partial charge in [0, 0.05) is 21.8 Å². The first-order valence-electron chi connectivity index (χ1n) is 7.81. The van der Waals surface area contributed by atoms with Crippen molar-refractivity contribution >= 4 is 43.3 Å². The third kappa shape index (κ3) is 4.02. The smallest absolute Gasteiger partial charge is 0.245 e. The van der Waals surface area contributed by atoms with Crippen LogP contribution in [0.5, 0.6) is 0 Å². The van der Waals surface area contributed by atoms with Crippen LogP contribution < -0.4 is 3.71 Å². The van der Waals surface area contributed by atoms with Crippen LogP contribution in [0.4, 0.5) is 10.1 Å². The monoisotopic (exact) mass is 429 g/mol. The van der Waals surface area contributed by atoms with Crippen LogP contribution in [-0.4, -0.2) is 35.1 Å². The van der Waals surface area contributed by atoms with Gasteiger partial charge in [-0.3, -0.25) is 4.79 Å². The molecule has 10 heteroatoms. The van der Waals surface area contributed by atoms with Crippen molar-refractivity contribution in [3.63, 3.8) is 0 Å². The van der Waals surface area contributed by atoms with Crippen molar-refractivity contribution in [1.29, 1.82) is 0 Å². The van der Waals surface area contributed by atoms with Crippen molar-refractivity contribution in [3.8, 4) is 0 Å². The first-order chi connectivity index (χ1) is 12.5. The van der Waals surface area contributed by atoms with E-state index >= 15 is 0 Å². The number of anilines is 1. The first kappa shape index (κ1) is 19.8. The molecule has 2 aromatic carbocycles. The van der Waals surface area contributed by atoms with Crippen LogP contribution in [0.15, 0.2) is 46.2 Å². The van der Waals surface area contributed by atoms with Crippen LogP contribution in [0.1, 0.15) is 22.3 Å². The van der Waals surface area contributed by atoms with E-state index in [1.807, 2.05) is 0 Å². The number of carbonyl (C=O) groups excluding carboxylic acids is 1. The highest BCUT2D eigenvalue weighted by atomic mass is 32.3. The van der Waals surface area contributed by atoms with Gasteiger partial charge >= 0.3 is 0 Å². The Morgan fingerprint density at radius 2 is 1.59 bits per heavy atom. The van der Waals surface area contributed by atoms with Crippen LogP contribution in [0.3, 0.4) is 0 Å². The molecule has 0 saturated heterocycles. The Labute approximate surface area is 161 Å². The number of ketones is 1. The molecule has 0 atom stereocenters. The predicted octanol–water partition coefficient (Wildman–Crippen LogP) is 2.83. The minimum atomic E-state index is -4.18. The minimum Gasteiger partial charge on any atom is -0.294 e. The molecular formula is C17H16FNO5S3. The van der Waals surface area contributed by atoms with Crippen LogP contribution in [-0.2, 0) is 26.5 Å². The van der Waals surface area contributed by atoms with Crippen molar-refractivity contribution in [2.75, 3.05) is 16.2 Å². The van der Waals surface area contributed by atoms with Gasteiger partial charge in [-0.05, 0) is 36.2 Å². The molecule has 3 rings (SSSR count). The maximum atomic E-state index is 14.1. The SMILES string of the molecule is CS(=O)(=O)N(c1cc2c(cc1Sc1ccccc1F)C(=O)CC2)S(C)(=O)=O.